The highest BCUT2D eigenvalue weighted by atomic mass is 16.1. The summed E-state index contributed by atoms with van der Waals surface area (Å²) in [7, 11) is 1.90. The second-order valence-corrected chi connectivity index (χ2v) is 6.15. The van der Waals surface area contributed by atoms with E-state index >= 15 is 0 Å². The van der Waals surface area contributed by atoms with E-state index in [9.17, 15) is 4.79 Å². The van der Waals surface area contributed by atoms with Crippen molar-refractivity contribution in [3.05, 3.63) is 69.8 Å². The van der Waals surface area contributed by atoms with Gasteiger partial charge in [-0.1, -0.05) is 25.1 Å². The van der Waals surface area contributed by atoms with Crippen molar-refractivity contribution in [3.8, 4) is 5.69 Å². The molecule has 0 radical (unpaired) electrons. The van der Waals surface area contributed by atoms with E-state index in [0.29, 0.717) is 5.39 Å². The van der Waals surface area contributed by atoms with Gasteiger partial charge in [0.1, 0.15) is 5.82 Å². The molecule has 0 saturated heterocycles. The summed E-state index contributed by atoms with van der Waals surface area (Å²) in [6.07, 6.45) is 0.853. The van der Waals surface area contributed by atoms with E-state index in [4.69, 9.17) is 4.98 Å². The smallest absolute Gasteiger partial charge is 0.266 e. The molecule has 1 unspecified atom stereocenters. The summed E-state index contributed by atoms with van der Waals surface area (Å²) in [5.74, 6) is 0.756. The van der Waals surface area contributed by atoms with Crippen molar-refractivity contribution in [3.63, 3.8) is 0 Å². The molecule has 0 fully saturated rings. The first-order valence-electron chi connectivity index (χ1n) is 8.33. The Morgan fingerprint density at radius 3 is 2.54 bits per heavy atom. The van der Waals surface area contributed by atoms with Crippen LogP contribution in [0.2, 0.25) is 0 Å². The number of nitrogens with one attached hydrogen (secondary N) is 1. The number of fused-ring (bicyclic) bond motifs is 1. The van der Waals surface area contributed by atoms with Crippen LogP contribution in [0.3, 0.4) is 0 Å². The third kappa shape index (κ3) is 2.74. The van der Waals surface area contributed by atoms with E-state index < -0.39 is 0 Å². The van der Waals surface area contributed by atoms with E-state index in [1.54, 1.807) is 4.57 Å². The molecule has 1 aromatic heterocycles. The lowest BCUT2D eigenvalue weighted by molar-refractivity contribution is 0.529. The molecule has 0 bridgehead atoms. The van der Waals surface area contributed by atoms with Gasteiger partial charge in [-0.2, -0.15) is 0 Å². The quantitative estimate of drug-likeness (QED) is 0.797. The van der Waals surface area contributed by atoms with Crippen LogP contribution in [-0.2, 0) is 0 Å². The molecular weight excluding hydrogens is 298 g/mol. The van der Waals surface area contributed by atoms with Crippen LogP contribution >= 0.6 is 0 Å². The van der Waals surface area contributed by atoms with Gasteiger partial charge in [0.15, 0.2) is 0 Å². The van der Waals surface area contributed by atoms with Crippen molar-refractivity contribution in [1.82, 2.24) is 14.9 Å². The Morgan fingerprint density at radius 2 is 1.88 bits per heavy atom. The Balaban J connectivity index is 2.38. The fourth-order valence-corrected chi connectivity index (χ4v) is 3.01. The molecular formula is C20H23N3O. The van der Waals surface area contributed by atoms with E-state index in [2.05, 4.69) is 38.2 Å². The number of aromatic nitrogens is 2. The van der Waals surface area contributed by atoms with Crippen LogP contribution in [0.15, 0.2) is 47.3 Å². The maximum atomic E-state index is 13.2. The van der Waals surface area contributed by atoms with Crippen LogP contribution in [0.4, 0.5) is 0 Å². The van der Waals surface area contributed by atoms with Gasteiger partial charge in [0, 0.05) is 0 Å². The van der Waals surface area contributed by atoms with Gasteiger partial charge < -0.3 is 5.32 Å². The van der Waals surface area contributed by atoms with Gasteiger partial charge in [-0.25, -0.2) is 4.98 Å². The predicted octanol–water partition coefficient (Wildman–Crippen LogP) is 3.67. The van der Waals surface area contributed by atoms with Gasteiger partial charge in [0.25, 0.3) is 5.56 Å². The molecule has 24 heavy (non-hydrogen) atoms. The lowest BCUT2D eigenvalue weighted by Gasteiger charge is -2.20. The van der Waals surface area contributed by atoms with Crippen LogP contribution in [0.5, 0.6) is 0 Å². The molecule has 0 saturated carbocycles. The Hall–Kier alpha value is -2.46. The molecule has 4 heteroatoms. The highest BCUT2D eigenvalue weighted by Crippen LogP contribution is 2.21. The minimum absolute atomic E-state index is 0.0175. The maximum Gasteiger partial charge on any atom is 0.266 e. The van der Waals surface area contributed by atoms with Gasteiger partial charge in [0.05, 0.1) is 22.6 Å². The molecule has 0 aliphatic rings. The summed E-state index contributed by atoms with van der Waals surface area (Å²) in [5, 5.41) is 3.92. The zero-order valence-electron chi connectivity index (χ0n) is 14.6. The second kappa shape index (κ2) is 6.57. The number of rotatable bonds is 4. The molecule has 0 aliphatic heterocycles. The maximum absolute atomic E-state index is 13.2. The monoisotopic (exact) mass is 321 g/mol. The van der Waals surface area contributed by atoms with Crippen molar-refractivity contribution in [2.75, 3.05) is 7.05 Å². The van der Waals surface area contributed by atoms with Crippen molar-refractivity contribution >= 4 is 10.9 Å². The van der Waals surface area contributed by atoms with Crippen LogP contribution in [-0.4, -0.2) is 16.6 Å². The van der Waals surface area contributed by atoms with Gasteiger partial charge in [0.2, 0.25) is 0 Å². The fraction of sp³-hybridized carbons (Fsp3) is 0.300. The van der Waals surface area contributed by atoms with Crippen molar-refractivity contribution in [2.45, 2.75) is 33.2 Å². The zero-order chi connectivity index (χ0) is 17.3. The molecule has 1 heterocycles. The fourth-order valence-electron chi connectivity index (χ4n) is 3.01. The Kier molecular flexibility index (Phi) is 4.49. The number of hydrogen-bond acceptors (Lipinski definition) is 3. The number of hydrogen-bond donors (Lipinski definition) is 1. The zero-order valence-corrected chi connectivity index (χ0v) is 14.6. The molecule has 0 amide bonds. The molecule has 1 N–H and O–H groups in total. The van der Waals surface area contributed by atoms with Crippen molar-refractivity contribution in [1.29, 1.82) is 0 Å². The van der Waals surface area contributed by atoms with Crippen LogP contribution in [0, 0.1) is 13.8 Å². The van der Waals surface area contributed by atoms with E-state index in [0.717, 1.165) is 29.0 Å². The van der Waals surface area contributed by atoms with Crippen LogP contribution in [0.1, 0.15) is 36.3 Å². The average molecular weight is 321 g/mol. The van der Waals surface area contributed by atoms with E-state index in [1.807, 2.05) is 37.4 Å². The Bertz CT molecular complexity index is 939. The molecule has 3 aromatic rings. The third-order valence-corrected chi connectivity index (χ3v) is 4.62. The number of para-hydroxylation sites is 1. The molecule has 0 spiro atoms. The first-order chi connectivity index (χ1) is 11.6. The number of benzene rings is 2. The predicted molar refractivity (Wildman–Crippen MR) is 98.9 cm³/mol. The van der Waals surface area contributed by atoms with Gasteiger partial charge in [-0.15, -0.1) is 0 Å². The van der Waals surface area contributed by atoms with Gasteiger partial charge >= 0.3 is 0 Å². The largest absolute Gasteiger partial charge is 0.310 e. The summed E-state index contributed by atoms with van der Waals surface area (Å²) >= 11 is 0. The second-order valence-electron chi connectivity index (χ2n) is 6.15. The number of aryl methyl sites for hydroxylation is 2. The normalized spacial score (nSPS) is 12.5. The van der Waals surface area contributed by atoms with Crippen LogP contribution < -0.4 is 10.9 Å². The first kappa shape index (κ1) is 16.4. The molecule has 0 aliphatic carbocycles. The lowest BCUT2D eigenvalue weighted by atomic mass is 10.1. The van der Waals surface area contributed by atoms with Crippen molar-refractivity contribution < 1.29 is 0 Å². The number of nitrogens with zero attached hydrogens (tertiary/aromatic N) is 2. The molecule has 3 rings (SSSR count). The third-order valence-electron chi connectivity index (χ3n) is 4.62. The van der Waals surface area contributed by atoms with E-state index in [1.165, 1.54) is 5.56 Å². The van der Waals surface area contributed by atoms with Gasteiger partial charge in [-0.3, -0.25) is 9.36 Å². The summed E-state index contributed by atoms with van der Waals surface area (Å²) in [5.41, 5.74) is 3.96. The van der Waals surface area contributed by atoms with E-state index in [-0.39, 0.29) is 11.6 Å². The minimum atomic E-state index is -0.0208. The summed E-state index contributed by atoms with van der Waals surface area (Å²) < 4.78 is 1.75. The molecule has 1 atom stereocenters. The summed E-state index contributed by atoms with van der Waals surface area (Å²) in [6.45, 7) is 6.23. The SMILES string of the molecule is CCC(NC)c1nc2ccccc2c(=O)n1-c1ccc(C)c(C)c1. The first-order valence-corrected chi connectivity index (χ1v) is 8.33. The minimum Gasteiger partial charge on any atom is -0.310 e. The average Bonchev–Trinajstić information content (AvgIpc) is 2.59. The van der Waals surface area contributed by atoms with Crippen LogP contribution in [0.25, 0.3) is 16.6 Å². The molecule has 4 nitrogen and oxygen atoms in total. The topological polar surface area (TPSA) is 46.9 Å². The Morgan fingerprint density at radius 1 is 1.12 bits per heavy atom. The standard InChI is InChI=1S/C20H23N3O/c1-5-17(21-4)19-22-18-9-7-6-8-16(18)20(24)23(19)15-11-10-13(2)14(3)12-15/h6-12,17,21H,5H2,1-4H3. The highest BCUT2D eigenvalue weighted by Gasteiger charge is 2.18. The van der Waals surface area contributed by atoms with Crippen molar-refractivity contribution in [2.24, 2.45) is 0 Å². The Labute approximate surface area is 142 Å². The summed E-state index contributed by atoms with van der Waals surface area (Å²) in [4.78, 5) is 18.0. The lowest BCUT2D eigenvalue weighted by Crippen LogP contribution is -2.29. The molecule has 2 aromatic carbocycles. The molecule has 124 valence electrons. The summed E-state index contributed by atoms with van der Waals surface area (Å²) in [6, 6.07) is 13.6. The highest BCUT2D eigenvalue weighted by molar-refractivity contribution is 5.77. The van der Waals surface area contributed by atoms with Gasteiger partial charge in [-0.05, 0) is 62.7 Å².